The minimum absolute atomic E-state index is 0.280. The summed E-state index contributed by atoms with van der Waals surface area (Å²) < 4.78 is 0. The molecule has 0 spiro atoms. The molecule has 12 heavy (non-hydrogen) atoms. The van der Waals surface area contributed by atoms with E-state index >= 15 is 0 Å². The van der Waals surface area contributed by atoms with E-state index in [1.54, 1.807) is 0 Å². The molecule has 68 valence electrons. The molecule has 0 aliphatic heterocycles. The van der Waals surface area contributed by atoms with Gasteiger partial charge in [0.2, 0.25) is 5.78 Å². The van der Waals surface area contributed by atoms with Gasteiger partial charge in [-0.1, -0.05) is 6.08 Å². The first kappa shape index (κ1) is 10.8. The minimum Gasteiger partial charge on any atom is -0.346 e. The number of nitrogens with one attached hydrogen (secondary N) is 2. The molecular formula is C7H13N3O2. The van der Waals surface area contributed by atoms with Crippen LogP contribution in [-0.4, -0.2) is 24.3 Å². The molecule has 5 nitrogen and oxygen atoms in total. The summed E-state index contributed by atoms with van der Waals surface area (Å²) in [5.41, 5.74) is 2.19. The van der Waals surface area contributed by atoms with Gasteiger partial charge < -0.3 is 5.32 Å². The Morgan fingerprint density at radius 3 is 2.67 bits per heavy atom. The summed E-state index contributed by atoms with van der Waals surface area (Å²) in [5, 5.41) is 2.35. The number of hydrazine groups is 1. The Kier molecular flexibility index (Phi) is 4.91. The summed E-state index contributed by atoms with van der Waals surface area (Å²) in [5.74, 6) is 3.73. The van der Waals surface area contributed by atoms with Crippen molar-refractivity contribution in [1.29, 1.82) is 0 Å². The molecule has 0 aliphatic carbocycles. The van der Waals surface area contributed by atoms with E-state index < -0.39 is 17.7 Å². The molecule has 0 saturated carbocycles. The zero-order valence-electron chi connectivity index (χ0n) is 6.96. The average molecular weight is 171 g/mol. The molecule has 5 heteroatoms. The Balaban J connectivity index is 3.92. The zero-order chi connectivity index (χ0) is 9.56. The largest absolute Gasteiger partial charge is 0.346 e. The lowest BCUT2D eigenvalue weighted by Gasteiger charge is -2.07. The van der Waals surface area contributed by atoms with Gasteiger partial charge in [0.25, 0.3) is 5.91 Å². The van der Waals surface area contributed by atoms with Crippen LogP contribution in [0.2, 0.25) is 0 Å². The lowest BCUT2D eigenvalue weighted by atomic mass is 10.2. The molecule has 1 amide bonds. The summed E-state index contributed by atoms with van der Waals surface area (Å²) in [4.78, 5) is 21.9. The predicted molar refractivity (Wildman–Crippen MR) is 45.0 cm³/mol. The fourth-order valence-corrected chi connectivity index (χ4v) is 0.524. The van der Waals surface area contributed by atoms with Gasteiger partial charge in [-0.3, -0.25) is 15.4 Å². The van der Waals surface area contributed by atoms with Crippen LogP contribution in [0.15, 0.2) is 12.7 Å². The Labute approximate surface area is 71.0 Å². The molecule has 1 unspecified atom stereocenters. The fourth-order valence-electron chi connectivity index (χ4n) is 0.524. The number of nitrogens with two attached hydrogens (primary N) is 1. The lowest BCUT2D eigenvalue weighted by Crippen LogP contribution is -2.46. The smallest absolute Gasteiger partial charge is 0.289 e. The third-order valence-corrected chi connectivity index (χ3v) is 1.27. The summed E-state index contributed by atoms with van der Waals surface area (Å²) in [6.07, 6.45) is 1.49. The van der Waals surface area contributed by atoms with E-state index in [0.29, 0.717) is 0 Å². The van der Waals surface area contributed by atoms with Gasteiger partial charge in [-0.25, -0.2) is 5.43 Å². The first-order chi connectivity index (χ1) is 5.63. The highest BCUT2D eigenvalue weighted by Crippen LogP contribution is 1.82. The number of rotatable bonds is 5. The molecule has 0 aromatic heterocycles. The Morgan fingerprint density at radius 1 is 1.67 bits per heavy atom. The number of hydrogen-bond donors (Lipinski definition) is 3. The van der Waals surface area contributed by atoms with E-state index in [1.807, 2.05) is 0 Å². The SMILES string of the molecule is C=CCNC(=O)C(=O)C(C)NN. The second kappa shape index (κ2) is 5.45. The zero-order valence-corrected chi connectivity index (χ0v) is 6.96. The normalized spacial score (nSPS) is 11.8. The molecule has 0 rings (SSSR count). The van der Waals surface area contributed by atoms with Crippen LogP contribution in [0.25, 0.3) is 0 Å². The maximum absolute atomic E-state index is 11.0. The third kappa shape index (κ3) is 3.27. The van der Waals surface area contributed by atoms with Crippen molar-refractivity contribution < 1.29 is 9.59 Å². The minimum atomic E-state index is -0.658. The van der Waals surface area contributed by atoms with Crippen molar-refractivity contribution >= 4 is 11.7 Å². The quantitative estimate of drug-likeness (QED) is 0.208. The monoisotopic (exact) mass is 171 g/mol. The first-order valence-corrected chi connectivity index (χ1v) is 3.52. The molecule has 4 N–H and O–H groups in total. The number of Topliss-reactive ketones (excluding diaryl/α,β-unsaturated/α-hetero) is 1. The van der Waals surface area contributed by atoms with Gasteiger partial charge >= 0.3 is 0 Å². The number of amides is 1. The lowest BCUT2D eigenvalue weighted by molar-refractivity contribution is -0.138. The van der Waals surface area contributed by atoms with Gasteiger partial charge in [0, 0.05) is 6.54 Å². The maximum atomic E-state index is 11.0. The number of carbonyl (C=O) groups is 2. The van der Waals surface area contributed by atoms with Crippen molar-refractivity contribution in [3.05, 3.63) is 12.7 Å². The van der Waals surface area contributed by atoms with Crippen LogP contribution in [0.3, 0.4) is 0 Å². The molecule has 0 aromatic rings. The molecule has 0 heterocycles. The summed E-state index contributed by atoms with van der Waals surface area (Å²) >= 11 is 0. The molecule has 0 aliphatic rings. The van der Waals surface area contributed by atoms with Gasteiger partial charge in [0.05, 0.1) is 6.04 Å². The Bertz CT molecular complexity index is 191. The summed E-state index contributed by atoms with van der Waals surface area (Å²) in [6.45, 7) is 5.18. The van der Waals surface area contributed by atoms with Gasteiger partial charge in [0.1, 0.15) is 0 Å². The highest BCUT2D eigenvalue weighted by Gasteiger charge is 2.18. The van der Waals surface area contributed by atoms with E-state index in [0.717, 1.165) is 0 Å². The first-order valence-electron chi connectivity index (χ1n) is 3.52. The van der Waals surface area contributed by atoms with Crippen LogP contribution >= 0.6 is 0 Å². The van der Waals surface area contributed by atoms with Gasteiger partial charge in [-0.15, -0.1) is 6.58 Å². The number of carbonyl (C=O) groups excluding carboxylic acids is 2. The molecule has 0 radical (unpaired) electrons. The van der Waals surface area contributed by atoms with Crippen LogP contribution < -0.4 is 16.6 Å². The van der Waals surface area contributed by atoms with Crippen molar-refractivity contribution in [2.24, 2.45) is 5.84 Å². The Hall–Kier alpha value is -1.20. The van der Waals surface area contributed by atoms with Crippen LogP contribution in [-0.2, 0) is 9.59 Å². The van der Waals surface area contributed by atoms with Crippen LogP contribution in [0, 0.1) is 0 Å². The summed E-state index contributed by atoms with van der Waals surface area (Å²) in [7, 11) is 0. The van der Waals surface area contributed by atoms with Crippen molar-refractivity contribution in [1.82, 2.24) is 10.7 Å². The highest BCUT2D eigenvalue weighted by atomic mass is 16.2. The highest BCUT2D eigenvalue weighted by molar-refractivity contribution is 6.38. The molecule has 0 bridgehead atoms. The van der Waals surface area contributed by atoms with Crippen molar-refractivity contribution in [3.8, 4) is 0 Å². The molecule has 1 atom stereocenters. The molecular weight excluding hydrogens is 158 g/mol. The van der Waals surface area contributed by atoms with E-state index in [1.165, 1.54) is 13.0 Å². The topological polar surface area (TPSA) is 84.2 Å². The van der Waals surface area contributed by atoms with E-state index in [4.69, 9.17) is 5.84 Å². The van der Waals surface area contributed by atoms with Crippen LogP contribution in [0.5, 0.6) is 0 Å². The van der Waals surface area contributed by atoms with Gasteiger partial charge in [0.15, 0.2) is 0 Å². The van der Waals surface area contributed by atoms with Crippen molar-refractivity contribution in [2.45, 2.75) is 13.0 Å². The van der Waals surface area contributed by atoms with E-state index in [2.05, 4.69) is 17.3 Å². The second-order valence-corrected chi connectivity index (χ2v) is 2.25. The van der Waals surface area contributed by atoms with E-state index in [9.17, 15) is 9.59 Å². The maximum Gasteiger partial charge on any atom is 0.289 e. The number of hydrogen-bond acceptors (Lipinski definition) is 4. The van der Waals surface area contributed by atoms with Crippen LogP contribution in [0.1, 0.15) is 6.92 Å². The van der Waals surface area contributed by atoms with Gasteiger partial charge in [-0.2, -0.15) is 0 Å². The van der Waals surface area contributed by atoms with Gasteiger partial charge in [-0.05, 0) is 6.92 Å². The Morgan fingerprint density at radius 2 is 2.25 bits per heavy atom. The standard InChI is InChI=1S/C7H13N3O2/c1-3-4-9-7(12)6(11)5(2)10-8/h3,5,10H,1,4,8H2,2H3,(H,9,12). The third-order valence-electron chi connectivity index (χ3n) is 1.27. The predicted octanol–water partition coefficient (Wildman–Crippen LogP) is -1.29. The summed E-state index contributed by atoms with van der Waals surface area (Å²) in [6, 6.07) is -0.658. The van der Waals surface area contributed by atoms with Crippen molar-refractivity contribution in [3.63, 3.8) is 0 Å². The number of ketones is 1. The molecule has 0 aromatic carbocycles. The second-order valence-electron chi connectivity index (χ2n) is 2.25. The fraction of sp³-hybridized carbons (Fsp3) is 0.429. The molecule has 0 fully saturated rings. The van der Waals surface area contributed by atoms with Crippen molar-refractivity contribution in [2.75, 3.05) is 6.54 Å². The molecule has 0 saturated heterocycles. The van der Waals surface area contributed by atoms with E-state index in [-0.39, 0.29) is 6.54 Å². The van der Waals surface area contributed by atoms with Crippen LogP contribution in [0.4, 0.5) is 0 Å². The average Bonchev–Trinajstić information content (AvgIpc) is 2.11.